The van der Waals surface area contributed by atoms with Crippen LogP contribution in [0.25, 0.3) is 0 Å². The quantitative estimate of drug-likeness (QED) is 0.791. The van der Waals surface area contributed by atoms with Crippen molar-refractivity contribution in [3.8, 4) is 11.5 Å². The Kier molecular flexibility index (Phi) is 6.57. The van der Waals surface area contributed by atoms with E-state index in [1.807, 2.05) is 17.9 Å². The van der Waals surface area contributed by atoms with Gasteiger partial charge >= 0.3 is 0 Å². The third-order valence-corrected chi connectivity index (χ3v) is 5.53. The van der Waals surface area contributed by atoms with Crippen molar-refractivity contribution >= 4 is 5.91 Å². The largest absolute Gasteiger partial charge is 0.493 e. The van der Waals surface area contributed by atoms with E-state index in [1.165, 1.54) is 11.3 Å². The predicted molar refractivity (Wildman–Crippen MR) is 108 cm³/mol. The minimum atomic E-state index is -0.129. The summed E-state index contributed by atoms with van der Waals surface area (Å²) in [5, 5.41) is 7.41. The number of para-hydroxylation sites is 1. The molecule has 0 spiro atoms. The van der Waals surface area contributed by atoms with Crippen LogP contribution in [0, 0.1) is 12.8 Å². The van der Waals surface area contributed by atoms with Gasteiger partial charge in [0, 0.05) is 37.9 Å². The van der Waals surface area contributed by atoms with Crippen LogP contribution in [0.5, 0.6) is 11.5 Å². The summed E-state index contributed by atoms with van der Waals surface area (Å²) in [5.74, 6) is 1.34. The highest BCUT2D eigenvalue weighted by Crippen LogP contribution is 2.30. The number of rotatable bonds is 7. The summed E-state index contributed by atoms with van der Waals surface area (Å²) in [5.41, 5.74) is 2.98. The standard InChI is InChI=1S/C21H30N4O3/c1-15-17(12-23-24(15)2)14-25-10-6-7-16(13-25)11-22-21(26)18-8-5-9-19(27-3)20(18)28-4/h5,8-9,12,16H,6-7,10-11,13-14H2,1-4H3,(H,22,26). The van der Waals surface area contributed by atoms with Gasteiger partial charge in [-0.1, -0.05) is 6.07 Å². The van der Waals surface area contributed by atoms with Crippen LogP contribution in [0.3, 0.4) is 0 Å². The molecule has 0 radical (unpaired) electrons. The maximum atomic E-state index is 12.7. The van der Waals surface area contributed by atoms with E-state index >= 15 is 0 Å². The molecule has 1 atom stereocenters. The van der Waals surface area contributed by atoms with E-state index < -0.39 is 0 Å². The zero-order valence-corrected chi connectivity index (χ0v) is 17.2. The molecule has 1 aromatic heterocycles. The molecule has 0 saturated carbocycles. The van der Waals surface area contributed by atoms with Crippen molar-refractivity contribution in [2.45, 2.75) is 26.3 Å². The second kappa shape index (κ2) is 9.10. The molecule has 3 rings (SSSR count). The Morgan fingerprint density at radius 1 is 1.32 bits per heavy atom. The smallest absolute Gasteiger partial charge is 0.255 e. The predicted octanol–water partition coefficient (Wildman–Crippen LogP) is 2.39. The molecule has 7 heteroatoms. The first-order valence-corrected chi connectivity index (χ1v) is 9.72. The number of likely N-dealkylation sites (tertiary alicyclic amines) is 1. The zero-order chi connectivity index (χ0) is 20.1. The van der Waals surface area contributed by atoms with Crippen molar-refractivity contribution in [2.75, 3.05) is 33.9 Å². The van der Waals surface area contributed by atoms with Crippen LogP contribution in [-0.4, -0.2) is 54.4 Å². The van der Waals surface area contributed by atoms with Crippen LogP contribution < -0.4 is 14.8 Å². The van der Waals surface area contributed by atoms with Crippen molar-refractivity contribution in [1.82, 2.24) is 20.0 Å². The van der Waals surface area contributed by atoms with Gasteiger partial charge in [0.2, 0.25) is 0 Å². The normalized spacial score (nSPS) is 17.4. The van der Waals surface area contributed by atoms with Crippen molar-refractivity contribution in [2.24, 2.45) is 13.0 Å². The summed E-state index contributed by atoms with van der Waals surface area (Å²) in [6.45, 7) is 5.73. The van der Waals surface area contributed by atoms with Gasteiger partial charge in [-0.05, 0) is 44.4 Å². The lowest BCUT2D eigenvalue weighted by atomic mass is 9.97. The fourth-order valence-electron chi connectivity index (χ4n) is 3.80. The second-order valence-electron chi connectivity index (χ2n) is 7.37. The molecule has 0 aliphatic carbocycles. The molecule has 7 nitrogen and oxygen atoms in total. The maximum absolute atomic E-state index is 12.7. The van der Waals surface area contributed by atoms with E-state index in [0.29, 0.717) is 29.5 Å². The SMILES string of the molecule is COc1cccc(C(=O)NCC2CCCN(Cc3cnn(C)c3C)C2)c1OC. The second-order valence-corrected chi connectivity index (χ2v) is 7.37. The summed E-state index contributed by atoms with van der Waals surface area (Å²) < 4.78 is 12.6. The van der Waals surface area contributed by atoms with Gasteiger partial charge < -0.3 is 14.8 Å². The molecule has 1 saturated heterocycles. The first-order valence-electron chi connectivity index (χ1n) is 9.72. The average molecular weight is 386 g/mol. The van der Waals surface area contributed by atoms with Crippen molar-refractivity contribution < 1.29 is 14.3 Å². The van der Waals surface area contributed by atoms with E-state index in [0.717, 1.165) is 32.5 Å². The first-order chi connectivity index (χ1) is 13.5. The number of amides is 1. The van der Waals surface area contributed by atoms with Crippen LogP contribution >= 0.6 is 0 Å². The first kappa shape index (κ1) is 20.2. The molecular weight excluding hydrogens is 356 g/mol. The number of carbonyl (C=O) groups excluding carboxylic acids is 1. The number of aromatic nitrogens is 2. The highest BCUT2D eigenvalue weighted by Gasteiger charge is 2.23. The molecule has 2 heterocycles. The molecule has 1 N–H and O–H groups in total. The number of hydrogen-bond donors (Lipinski definition) is 1. The number of nitrogens with zero attached hydrogens (tertiary/aromatic N) is 3. The monoisotopic (exact) mass is 386 g/mol. The molecule has 28 heavy (non-hydrogen) atoms. The van der Waals surface area contributed by atoms with Crippen LogP contribution in [0.1, 0.15) is 34.5 Å². The van der Waals surface area contributed by atoms with Gasteiger partial charge in [-0.15, -0.1) is 0 Å². The van der Waals surface area contributed by atoms with Gasteiger partial charge in [-0.2, -0.15) is 5.10 Å². The van der Waals surface area contributed by atoms with E-state index in [4.69, 9.17) is 9.47 Å². The highest BCUT2D eigenvalue weighted by atomic mass is 16.5. The van der Waals surface area contributed by atoms with Crippen molar-refractivity contribution in [3.05, 3.63) is 41.2 Å². The number of aryl methyl sites for hydroxylation is 1. The van der Waals surface area contributed by atoms with Gasteiger partial charge in [0.05, 0.1) is 26.0 Å². The van der Waals surface area contributed by atoms with Gasteiger partial charge in [-0.25, -0.2) is 0 Å². The summed E-state index contributed by atoms with van der Waals surface area (Å²) >= 11 is 0. The number of benzene rings is 1. The van der Waals surface area contributed by atoms with Crippen LogP contribution in [0.2, 0.25) is 0 Å². The number of ether oxygens (including phenoxy) is 2. The lowest BCUT2D eigenvalue weighted by Crippen LogP contribution is -2.40. The minimum Gasteiger partial charge on any atom is -0.493 e. The summed E-state index contributed by atoms with van der Waals surface area (Å²) in [4.78, 5) is 15.1. The van der Waals surface area contributed by atoms with Gasteiger partial charge in [0.25, 0.3) is 5.91 Å². The molecule has 1 aromatic carbocycles. The summed E-state index contributed by atoms with van der Waals surface area (Å²) in [6, 6.07) is 5.35. The molecular formula is C21H30N4O3. The van der Waals surface area contributed by atoms with Crippen molar-refractivity contribution in [1.29, 1.82) is 0 Å². The average Bonchev–Trinajstić information content (AvgIpc) is 3.03. The Hall–Kier alpha value is -2.54. The number of nitrogens with one attached hydrogen (secondary N) is 1. The Morgan fingerprint density at radius 3 is 2.82 bits per heavy atom. The molecule has 1 unspecified atom stereocenters. The lowest BCUT2D eigenvalue weighted by Gasteiger charge is -2.32. The zero-order valence-electron chi connectivity index (χ0n) is 17.2. The molecule has 1 amide bonds. The summed E-state index contributed by atoms with van der Waals surface area (Å²) in [6.07, 6.45) is 4.22. The molecule has 1 aliphatic heterocycles. The molecule has 0 bridgehead atoms. The van der Waals surface area contributed by atoms with Gasteiger partial charge in [0.15, 0.2) is 11.5 Å². The fourth-order valence-corrected chi connectivity index (χ4v) is 3.80. The van der Waals surface area contributed by atoms with E-state index in [2.05, 4.69) is 22.2 Å². The fraction of sp³-hybridized carbons (Fsp3) is 0.524. The van der Waals surface area contributed by atoms with E-state index in [9.17, 15) is 4.79 Å². The topological polar surface area (TPSA) is 68.6 Å². The van der Waals surface area contributed by atoms with Crippen LogP contribution in [0.4, 0.5) is 0 Å². The number of hydrogen-bond acceptors (Lipinski definition) is 5. The Labute approximate surface area is 166 Å². The number of methoxy groups -OCH3 is 2. The number of piperidine rings is 1. The number of carbonyl (C=O) groups is 1. The van der Waals surface area contributed by atoms with Crippen LogP contribution in [0.15, 0.2) is 24.4 Å². The van der Waals surface area contributed by atoms with E-state index in [1.54, 1.807) is 32.4 Å². The molecule has 1 fully saturated rings. The highest BCUT2D eigenvalue weighted by molar-refractivity contribution is 5.97. The van der Waals surface area contributed by atoms with Gasteiger partial charge in [-0.3, -0.25) is 14.4 Å². The Morgan fingerprint density at radius 2 is 2.14 bits per heavy atom. The third-order valence-electron chi connectivity index (χ3n) is 5.53. The minimum absolute atomic E-state index is 0.129. The lowest BCUT2D eigenvalue weighted by molar-refractivity contribution is 0.0927. The van der Waals surface area contributed by atoms with Crippen LogP contribution in [-0.2, 0) is 13.6 Å². The molecule has 1 aliphatic rings. The molecule has 2 aromatic rings. The third kappa shape index (κ3) is 4.47. The Bertz CT molecular complexity index is 818. The van der Waals surface area contributed by atoms with Gasteiger partial charge in [0.1, 0.15) is 0 Å². The maximum Gasteiger partial charge on any atom is 0.255 e. The van der Waals surface area contributed by atoms with E-state index in [-0.39, 0.29) is 5.91 Å². The molecule has 152 valence electrons. The Balaban J connectivity index is 1.57. The summed E-state index contributed by atoms with van der Waals surface area (Å²) in [7, 11) is 5.09. The van der Waals surface area contributed by atoms with Crippen molar-refractivity contribution in [3.63, 3.8) is 0 Å².